The van der Waals surface area contributed by atoms with Crippen LogP contribution in [0.2, 0.25) is 0 Å². The molecule has 72 heavy (non-hydrogen) atoms. The number of amides is 4. The number of H-pyrrole nitrogens is 2. The van der Waals surface area contributed by atoms with Crippen molar-refractivity contribution in [2.45, 2.75) is 154 Å². The maximum atomic E-state index is 14.4. The molecule has 5 fully saturated rings. The molecule has 15 nitrogen and oxygen atoms in total. The van der Waals surface area contributed by atoms with E-state index in [-0.39, 0.29) is 52.6 Å². The van der Waals surface area contributed by atoms with Gasteiger partial charge in [0, 0.05) is 23.7 Å². The molecule has 7 aliphatic rings. The molecule has 3 aliphatic heterocycles. The van der Waals surface area contributed by atoms with Gasteiger partial charge in [-0.05, 0) is 166 Å². The molecule has 2 unspecified atom stereocenters. The van der Waals surface area contributed by atoms with Crippen LogP contribution in [0.3, 0.4) is 0 Å². The number of alkyl carbamates (subject to hydrolysis) is 2. The first-order valence-corrected chi connectivity index (χ1v) is 27.1. The molecule has 2 aromatic heterocycles. The van der Waals surface area contributed by atoms with Crippen LogP contribution in [-0.2, 0) is 44.7 Å². The zero-order chi connectivity index (χ0) is 50.2. The van der Waals surface area contributed by atoms with E-state index in [9.17, 15) is 19.2 Å². The number of nitrogens with zero attached hydrogens (tertiary/aromatic N) is 5. The van der Waals surface area contributed by atoms with Crippen LogP contribution < -0.4 is 10.6 Å². The van der Waals surface area contributed by atoms with Gasteiger partial charge in [-0.2, -0.15) is 0 Å². The summed E-state index contributed by atoms with van der Waals surface area (Å²) in [6, 6.07) is 7.83. The number of benzene rings is 2. The largest absolute Gasteiger partial charge is 0.453 e. The van der Waals surface area contributed by atoms with Crippen molar-refractivity contribution in [1.82, 2.24) is 45.3 Å². The van der Waals surface area contributed by atoms with Crippen LogP contribution in [0.1, 0.15) is 144 Å². The number of fused-ring (bicyclic) bond motifs is 4. The lowest BCUT2D eigenvalue weighted by Gasteiger charge is -2.38. The summed E-state index contributed by atoms with van der Waals surface area (Å²) < 4.78 is 9.82. The number of hydrogen-bond acceptors (Lipinski definition) is 9. The second-order valence-corrected chi connectivity index (χ2v) is 23.6. The number of likely N-dealkylation sites (tertiary alicyclic amines) is 3. The number of methoxy groups -OCH3 is 2. The first-order valence-electron chi connectivity index (χ1n) is 27.1. The number of nitrogens with one attached hydrogen (secondary N) is 4. The minimum atomic E-state index is -0.690. The van der Waals surface area contributed by atoms with Gasteiger partial charge in [0.05, 0.1) is 50.1 Å². The summed E-state index contributed by atoms with van der Waals surface area (Å²) in [6.07, 6.45) is 18.9. The molecule has 2 saturated carbocycles. The van der Waals surface area contributed by atoms with Gasteiger partial charge in [-0.25, -0.2) is 19.6 Å². The number of piperidine rings is 2. The molecule has 3 saturated heterocycles. The maximum Gasteiger partial charge on any atom is 0.407 e. The van der Waals surface area contributed by atoms with Crippen molar-refractivity contribution >= 4 is 24.0 Å². The predicted octanol–water partition coefficient (Wildman–Crippen LogP) is 9.08. The highest BCUT2D eigenvalue weighted by atomic mass is 16.5. The first kappa shape index (κ1) is 48.6. The van der Waals surface area contributed by atoms with Gasteiger partial charge in [-0.1, -0.05) is 64.8 Å². The summed E-state index contributed by atoms with van der Waals surface area (Å²) in [6.45, 7) is 10.6. The fourth-order valence-electron chi connectivity index (χ4n) is 14.7. The van der Waals surface area contributed by atoms with Crippen molar-refractivity contribution in [3.63, 3.8) is 0 Å². The molecule has 2 spiro atoms. The predicted molar refractivity (Wildman–Crippen MR) is 275 cm³/mol. The third kappa shape index (κ3) is 8.48. The lowest BCUT2D eigenvalue weighted by molar-refractivity contribution is -0.139. The molecule has 6 atom stereocenters. The van der Waals surface area contributed by atoms with Gasteiger partial charge in [0.15, 0.2) is 0 Å². The number of ether oxygens (including phenoxy) is 2. The van der Waals surface area contributed by atoms with Crippen LogP contribution in [0.4, 0.5) is 9.59 Å². The molecule has 2 aromatic carbocycles. The van der Waals surface area contributed by atoms with Gasteiger partial charge < -0.3 is 44.8 Å². The fourth-order valence-corrected chi connectivity index (χ4v) is 14.7. The number of aromatic amines is 2. The minimum Gasteiger partial charge on any atom is -0.453 e. The molecule has 0 radical (unpaired) electrons. The number of imidazole rings is 2. The molecular weight excluding hydrogens is 907 g/mol. The van der Waals surface area contributed by atoms with Crippen molar-refractivity contribution in [2.24, 2.45) is 28.6 Å². The van der Waals surface area contributed by atoms with Gasteiger partial charge in [0.2, 0.25) is 11.8 Å². The van der Waals surface area contributed by atoms with Gasteiger partial charge in [-0.3, -0.25) is 9.59 Å². The topological polar surface area (TPSA) is 178 Å². The highest BCUT2D eigenvalue weighted by Crippen LogP contribution is 2.56. The van der Waals surface area contributed by atoms with Crippen LogP contribution in [0.15, 0.2) is 36.7 Å². The zero-order valence-electron chi connectivity index (χ0n) is 43.5. The number of carbonyl (C=O) groups excluding carboxylic acids is 4. The van der Waals surface area contributed by atoms with E-state index in [0.29, 0.717) is 12.5 Å². The summed E-state index contributed by atoms with van der Waals surface area (Å²) >= 11 is 0. The zero-order valence-corrected chi connectivity index (χ0v) is 43.5. The van der Waals surface area contributed by atoms with Gasteiger partial charge in [0.25, 0.3) is 0 Å². The summed E-state index contributed by atoms with van der Waals surface area (Å²) in [5.41, 5.74) is 13.4. The van der Waals surface area contributed by atoms with E-state index < -0.39 is 24.3 Å². The lowest BCUT2D eigenvalue weighted by Crippen LogP contribution is -2.54. The van der Waals surface area contributed by atoms with Crippen molar-refractivity contribution in [2.75, 3.05) is 40.9 Å². The van der Waals surface area contributed by atoms with E-state index in [4.69, 9.17) is 19.4 Å². The Labute approximate surface area is 424 Å². The normalized spacial score (nSPS) is 24.6. The highest BCUT2D eigenvalue weighted by Gasteiger charge is 2.52. The Morgan fingerprint density at radius 2 is 1.14 bits per heavy atom. The van der Waals surface area contributed by atoms with E-state index >= 15 is 0 Å². The molecule has 11 rings (SSSR count). The third-order valence-corrected chi connectivity index (χ3v) is 18.6. The Bertz CT molecular complexity index is 2740. The summed E-state index contributed by atoms with van der Waals surface area (Å²) in [5.74, 6) is 1.54. The maximum absolute atomic E-state index is 14.4. The highest BCUT2D eigenvalue weighted by molar-refractivity contribution is 5.88. The fraction of sp³-hybridized carbons (Fsp3) is 0.614. The SMILES string of the molecule is COC(=O)N[C@H](C(=O)N1CCC[C@@H]1c1ncc(-c2ccc(-c3ccc(-c4cnc([C@@H]5C6CCC(C6)N5C(=O)[C@H](NC(=O)OC)C(C)C)[nH]4)c4c3CC3(CCN(C)CC3)C4)c3c2CC2(CCCC2)C3)[nH]1)C(C)C. The minimum absolute atomic E-state index is 0.0653. The van der Waals surface area contributed by atoms with Gasteiger partial charge in [0.1, 0.15) is 23.7 Å². The van der Waals surface area contributed by atoms with Gasteiger partial charge in [-0.15, -0.1) is 0 Å². The van der Waals surface area contributed by atoms with Crippen molar-refractivity contribution in [3.8, 4) is 33.6 Å². The monoisotopic (exact) mass is 982 g/mol. The van der Waals surface area contributed by atoms with Crippen molar-refractivity contribution in [1.29, 1.82) is 0 Å². The van der Waals surface area contributed by atoms with Crippen LogP contribution in [-0.4, -0.2) is 118 Å². The smallest absolute Gasteiger partial charge is 0.407 e. The van der Waals surface area contributed by atoms with Crippen LogP contribution >= 0.6 is 0 Å². The summed E-state index contributed by atoms with van der Waals surface area (Å²) in [4.78, 5) is 77.2. The third-order valence-electron chi connectivity index (χ3n) is 18.6. The molecule has 4 aromatic rings. The molecule has 4 N–H and O–H groups in total. The average Bonchev–Trinajstić information content (AvgIpc) is 4.23. The second kappa shape index (κ2) is 19.0. The molecule has 2 bridgehead atoms. The number of rotatable bonds is 11. The van der Waals surface area contributed by atoms with Gasteiger partial charge >= 0.3 is 12.2 Å². The molecule has 384 valence electrons. The molecule has 15 heteroatoms. The summed E-state index contributed by atoms with van der Waals surface area (Å²) in [5, 5.41) is 5.62. The molecule has 5 heterocycles. The van der Waals surface area contributed by atoms with E-state index in [2.05, 4.69) is 56.8 Å². The van der Waals surface area contributed by atoms with Crippen LogP contribution in [0, 0.1) is 28.6 Å². The van der Waals surface area contributed by atoms with Crippen molar-refractivity contribution in [3.05, 3.63) is 70.6 Å². The Kier molecular flexibility index (Phi) is 12.8. The second-order valence-electron chi connectivity index (χ2n) is 23.6. The Morgan fingerprint density at radius 3 is 1.69 bits per heavy atom. The number of hydrogen-bond donors (Lipinski definition) is 4. The lowest BCUT2D eigenvalue weighted by atomic mass is 9.75. The van der Waals surface area contributed by atoms with E-state index in [0.717, 1.165) is 107 Å². The Hall–Kier alpha value is -5.70. The van der Waals surface area contributed by atoms with E-state index in [1.54, 1.807) is 0 Å². The van der Waals surface area contributed by atoms with E-state index in [1.165, 1.54) is 84.4 Å². The van der Waals surface area contributed by atoms with Crippen LogP contribution in [0.5, 0.6) is 0 Å². The van der Waals surface area contributed by atoms with Crippen LogP contribution in [0.25, 0.3) is 33.6 Å². The number of carbonyl (C=O) groups is 4. The standard InChI is InChI=1S/C57H75N9O6/c1-32(2)47(62-54(69)71-6)52(67)65-22-10-11-46(65)50-58-30-44(60-50)38-16-14-36(40-26-56(28-42(38)40)18-8-9-19-56)37-15-17-39(43-29-57(27-41(37)43)20-23-64(5)24-21-57)45-31-59-51(61-45)49-34-12-13-35(25-34)66(49)53(68)48(33(3)4)63-55(70)72-7/h14-17,30-35,46-49H,8-13,18-29H2,1-7H3,(H,58,60)(H,59,61)(H,62,69)(H,63,70)/t34?,35?,46-,47+,48-,49+/m1/s1. The van der Waals surface area contributed by atoms with E-state index in [1.807, 2.05) is 49.9 Å². The Morgan fingerprint density at radius 1 is 0.639 bits per heavy atom. The first-order chi connectivity index (χ1) is 34.7. The molecule has 4 amide bonds. The quantitative estimate of drug-likeness (QED) is 0.114. The number of aromatic nitrogens is 4. The summed E-state index contributed by atoms with van der Waals surface area (Å²) in [7, 11) is 4.91. The van der Waals surface area contributed by atoms with Crippen molar-refractivity contribution < 1.29 is 28.7 Å². The average molecular weight is 982 g/mol. The Balaban J connectivity index is 0.943. The molecular formula is C57H75N9O6. The molecule has 4 aliphatic carbocycles.